The maximum Gasteiger partial charge on any atom is 0.126 e. The Morgan fingerprint density at radius 3 is 2.47 bits per heavy atom. The summed E-state index contributed by atoms with van der Waals surface area (Å²) in [6.07, 6.45) is 0.383. The summed E-state index contributed by atoms with van der Waals surface area (Å²) in [4.78, 5) is 0. The predicted octanol–water partition coefficient (Wildman–Crippen LogP) is 4.68. The van der Waals surface area contributed by atoms with E-state index in [4.69, 9.17) is 28.9 Å². The van der Waals surface area contributed by atoms with Crippen molar-refractivity contribution in [3.05, 3.63) is 69.0 Å². The van der Waals surface area contributed by atoms with Crippen molar-refractivity contribution in [2.75, 3.05) is 0 Å². The van der Waals surface area contributed by atoms with Crippen molar-refractivity contribution >= 4 is 23.2 Å². The maximum absolute atomic E-state index is 13.7. The standard InChI is InChI=1S/C15H14Cl2FN/c1-9-2-3-12(17)8-13(9)15(19)7-10-6-11(16)4-5-14(10)18/h2-6,8,15H,7,19H2,1H3. The van der Waals surface area contributed by atoms with Gasteiger partial charge in [-0.25, -0.2) is 4.39 Å². The van der Waals surface area contributed by atoms with E-state index in [-0.39, 0.29) is 11.9 Å². The van der Waals surface area contributed by atoms with Gasteiger partial charge in [0.25, 0.3) is 0 Å². The van der Waals surface area contributed by atoms with E-state index < -0.39 is 0 Å². The van der Waals surface area contributed by atoms with Crippen LogP contribution >= 0.6 is 23.2 Å². The summed E-state index contributed by atoms with van der Waals surface area (Å²) in [6, 6.07) is 9.72. The SMILES string of the molecule is Cc1ccc(Cl)cc1C(N)Cc1cc(Cl)ccc1F. The topological polar surface area (TPSA) is 26.0 Å². The summed E-state index contributed by atoms with van der Waals surface area (Å²) in [6.45, 7) is 1.96. The van der Waals surface area contributed by atoms with Gasteiger partial charge in [0.15, 0.2) is 0 Å². The van der Waals surface area contributed by atoms with Crippen LogP contribution in [0.25, 0.3) is 0 Å². The lowest BCUT2D eigenvalue weighted by atomic mass is 9.96. The lowest BCUT2D eigenvalue weighted by Gasteiger charge is -2.16. The fourth-order valence-electron chi connectivity index (χ4n) is 2.06. The lowest BCUT2D eigenvalue weighted by Crippen LogP contribution is -2.15. The van der Waals surface area contributed by atoms with E-state index in [1.165, 1.54) is 12.1 Å². The molecule has 0 aromatic heterocycles. The van der Waals surface area contributed by atoms with Crippen molar-refractivity contribution in [2.45, 2.75) is 19.4 Å². The van der Waals surface area contributed by atoms with Crippen molar-refractivity contribution in [2.24, 2.45) is 5.73 Å². The molecule has 0 radical (unpaired) electrons. The Morgan fingerprint density at radius 2 is 1.74 bits per heavy atom. The van der Waals surface area contributed by atoms with Gasteiger partial charge < -0.3 is 5.73 Å². The third-order valence-corrected chi connectivity index (χ3v) is 3.56. The minimum atomic E-state index is -0.313. The van der Waals surface area contributed by atoms with Crippen molar-refractivity contribution in [1.29, 1.82) is 0 Å². The molecule has 19 heavy (non-hydrogen) atoms. The average molecular weight is 298 g/mol. The third kappa shape index (κ3) is 3.47. The zero-order chi connectivity index (χ0) is 14.0. The summed E-state index contributed by atoms with van der Waals surface area (Å²) < 4.78 is 13.7. The number of nitrogens with two attached hydrogens (primary N) is 1. The summed E-state index contributed by atoms with van der Waals surface area (Å²) in [5.41, 5.74) is 8.62. The van der Waals surface area contributed by atoms with Gasteiger partial charge >= 0.3 is 0 Å². The fraction of sp³-hybridized carbons (Fsp3) is 0.200. The highest BCUT2D eigenvalue weighted by Crippen LogP contribution is 2.25. The molecule has 0 bridgehead atoms. The summed E-state index contributed by atoms with van der Waals surface area (Å²) in [7, 11) is 0. The van der Waals surface area contributed by atoms with Crippen molar-refractivity contribution in [3.8, 4) is 0 Å². The smallest absolute Gasteiger partial charge is 0.126 e. The minimum Gasteiger partial charge on any atom is -0.324 e. The fourth-order valence-corrected chi connectivity index (χ4v) is 2.43. The molecule has 0 aliphatic rings. The zero-order valence-corrected chi connectivity index (χ0v) is 12.0. The van der Waals surface area contributed by atoms with Crippen LogP contribution < -0.4 is 5.73 Å². The van der Waals surface area contributed by atoms with E-state index >= 15 is 0 Å². The molecular weight excluding hydrogens is 284 g/mol. The van der Waals surface area contributed by atoms with Crippen molar-refractivity contribution < 1.29 is 4.39 Å². The van der Waals surface area contributed by atoms with Gasteiger partial charge in [-0.1, -0.05) is 29.3 Å². The number of aryl methyl sites for hydroxylation is 1. The molecule has 0 amide bonds. The second kappa shape index (κ2) is 5.91. The van der Waals surface area contributed by atoms with E-state index in [1.54, 1.807) is 6.07 Å². The molecule has 1 nitrogen and oxygen atoms in total. The molecule has 2 N–H and O–H groups in total. The number of rotatable bonds is 3. The van der Waals surface area contributed by atoms with E-state index in [1.807, 2.05) is 25.1 Å². The van der Waals surface area contributed by atoms with Crippen LogP contribution in [0.5, 0.6) is 0 Å². The Bertz CT molecular complexity index is 599. The van der Waals surface area contributed by atoms with E-state index in [0.717, 1.165) is 11.1 Å². The van der Waals surface area contributed by atoms with Crippen LogP contribution in [0.3, 0.4) is 0 Å². The number of halogens is 3. The molecule has 4 heteroatoms. The van der Waals surface area contributed by atoms with Gasteiger partial charge in [0.05, 0.1) is 0 Å². The zero-order valence-electron chi connectivity index (χ0n) is 10.5. The first-order valence-corrected chi connectivity index (χ1v) is 6.68. The molecule has 1 atom stereocenters. The largest absolute Gasteiger partial charge is 0.324 e. The number of benzene rings is 2. The van der Waals surface area contributed by atoms with Crippen LogP contribution in [0.15, 0.2) is 36.4 Å². The molecule has 0 aliphatic heterocycles. The predicted molar refractivity (Wildman–Crippen MR) is 78.2 cm³/mol. The van der Waals surface area contributed by atoms with Crippen LogP contribution in [0.4, 0.5) is 4.39 Å². The first-order chi connectivity index (χ1) is 8.97. The van der Waals surface area contributed by atoms with Crippen molar-refractivity contribution in [3.63, 3.8) is 0 Å². The monoisotopic (exact) mass is 297 g/mol. The highest BCUT2D eigenvalue weighted by molar-refractivity contribution is 6.30. The highest BCUT2D eigenvalue weighted by atomic mass is 35.5. The van der Waals surface area contributed by atoms with Gasteiger partial charge in [-0.3, -0.25) is 0 Å². The summed E-state index contributed by atoms with van der Waals surface area (Å²) >= 11 is 11.8. The molecular formula is C15H14Cl2FN. The maximum atomic E-state index is 13.7. The van der Waals surface area contributed by atoms with Crippen LogP contribution in [0.2, 0.25) is 10.0 Å². The Balaban J connectivity index is 2.27. The van der Waals surface area contributed by atoms with E-state index in [0.29, 0.717) is 22.0 Å². The Kier molecular flexibility index (Phi) is 4.46. The Morgan fingerprint density at radius 1 is 1.11 bits per heavy atom. The summed E-state index contributed by atoms with van der Waals surface area (Å²) in [5, 5.41) is 1.13. The molecule has 2 rings (SSSR count). The average Bonchev–Trinajstić information content (AvgIpc) is 2.36. The van der Waals surface area contributed by atoms with Crippen molar-refractivity contribution in [1.82, 2.24) is 0 Å². The van der Waals surface area contributed by atoms with E-state index in [2.05, 4.69) is 0 Å². The van der Waals surface area contributed by atoms with Gasteiger partial charge in [-0.05, 0) is 60.4 Å². The Labute approximate surface area is 122 Å². The van der Waals surface area contributed by atoms with Crippen LogP contribution in [0.1, 0.15) is 22.7 Å². The van der Waals surface area contributed by atoms with Gasteiger partial charge in [-0.2, -0.15) is 0 Å². The molecule has 2 aromatic rings. The normalized spacial score (nSPS) is 12.5. The lowest BCUT2D eigenvalue weighted by molar-refractivity contribution is 0.593. The number of hydrogen-bond acceptors (Lipinski definition) is 1. The third-order valence-electron chi connectivity index (χ3n) is 3.09. The molecule has 0 saturated heterocycles. The minimum absolute atomic E-state index is 0.292. The summed E-state index contributed by atoms with van der Waals surface area (Å²) in [5.74, 6) is -0.292. The molecule has 0 heterocycles. The molecule has 100 valence electrons. The number of hydrogen-bond donors (Lipinski definition) is 1. The van der Waals surface area contributed by atoms with Gasteiger partial charge in [0.1, 0.15) is 5.82 Å². The van der Waals surface area contributed by atoms with E-state index in [9.17, 15) is 4.39 Å². The van der Waals surface area contributed by atoms with Gasteiger partial charge in [0, 0.05) is 16.1 Å². The molecule has 0 saturated carbocycles. The van der Waals surface area contributed by atoms with Crippen LogP contribution in [0, 0.1) is 12.7 Å². The molecule has 0 spiro atoms. The van der Waals surface area contributed by atoms with Crippen LogP contribution in [-0.4, -0.2) is 0 Å². The molecule has 1 unspecified atom stereocenters. The second-order valence-corrected chi connectivity index (χ2v) is 5.42. The van der Waals surface area contributed by atoms with Gasteiger partial charge in [-0.15, -0.1) is 0 Å². The first kappa shape index (κ1) is 14.3. The molecule has 2 aromatic carbocycles. The van der Waals surface area contributed by atoms with Crippen LogP contribution in [-0.2, 0) is 6.42 Å². The second-order valence-electron chi connectivity index (χ2n) is 4.55. The molecule has 0 aliphatic carbocycles. The quantitative estimate of drug-likeness (QED) is 0.874. The van der Waals surface area contributed by atoms with Gasteiger partial charge in [0.2, 0.25) is 0 Å². The highest BCUT2D eigenvalue weighted by Gasteiger charge is 2.13. The molecule has 0 fully saturated rings. The Hall–Kier alpha value is -1.09. The first-order valence-electron chi connectivity index (χ1n) is 5.93.